The molecule has 2 aromatic carbocycles. The van der Waals surface area contributed by atoms with Gasteiger partial charge in [0.2, 0.25) is 5.91 Å². The number of nitrogens with zero attached hydrogens (tertiary/aromatic N) is 1. The quantitative estimate of drug-likeness (QED) is 0.937. The van der Waals surface area contributed by atoms with E-state index in [1.807, 2.05) is 48.5 Å². The lowest BCUT2D eigenvalue weighted by atomic mass is 10.2. The number of carbonyl (C=O) groups is 2. The molecule has 2 amide bonds. The normalized spacial score (nSPS) is 17.8. The van der Waals surface area contributed by atoms with Crippen LogP contribution in [-0.2, 0) is 4.79 Å². The molecule has 3 rings (SSSR count). The average Bonchev–Trinajstić information content (AvgIpc) is 2.89. The average molecular weight is 280 g/mol. The fourth-order valence-corrected chi connectivity index (χ4v) is 2.52. The molecule has 0 aromatic heterocycles. The zero-order valence-corrected chi connectivity index (χ0v) is 11.5. The minimum Gasteiger partial charge on any atom is -0.347 e. The topological polar surface area (TPSA) is 49.4 Å². The summed E-state index contributed by atoms with van der Waals surface area (Å²) in [5, 5.41) is 2.92. The number of anilines is 1. The van der Waals surface area contributed by atoms with Crippen molar-refractivity contribution < 1.29 is 9.59 Å². The predicted octanol–water partition coefficient (Wildman–Crippen LogP) is 2.22. The number of hydrogen-bond donors (Lipinski definition) is 1. The van der Waals surface area contributed by atoms with Gasteiger partial charge in [-0.05, 0) is 24.3 Å². The lowest BCUT2D eigenvalue weighted by Gasteiger charge is -2.17. The first kappa shape index (κ1) is 13.4. The van der Waals surface area contributed by atoms with Gasteiger partial charge in [0.1, 0.15) is 0 Å². The molecule has 0 radical (unpaired) electrons. The van der Waals surface area contributed by atoms with E-state index in [1.54, 1.807) is 17.0 Å². The van der Waals surface area contributed by atoms with Gasteiger partial charge < -0.3 is 10.2 Å². The van der Waals surface area contributed by atoms with Crippen molar-refractivity contribution in [1.29, 1.82) is 0 Å². The lowest BCUT2D eigenvalue weighted by Crippen LogP contribution is -2.37. The van der Waals surface area contributed by atoms with E-state index in [4.69, 9.17) is 0 Å². The summed E-state index contributed by atoms with van der Waals surface area (Å²) in [6.07, 6.45) is 0.341. The Morgan fingerprint density at radius 1 is 1.00 bits per heavy atom. The molecule has 1 atom stereocenters. The maximum absolute atomic E-state index is 12.1. The van der Waals surface area contributed by atoms with Crippen molar-refractivity contribution in [1.82, 2.24) is 5.32 Å². The van der Waals surface area contributed by atoms with E-state index in [1.165, 1.54) is 0 Å². The Balaban J connectivity index is 1.67. The molecule has 0 spiro atoms. The third-order valence-electron chi connectivity index (χ3n) is 3.56. The predicted molar refractivity (Wildman–Crippen MR) is 81.1 cm³/mol. The van der Waals surface area contributed by atoms with Gasteiger partial charge in [-0.1, -0.05) is 36.4 Å². The van der Waals surface area contributed by atoms with E-state index in [-0.39, 0.29) is 17.9 Å². The van der Waals surface area contributed by atoms with Crippen LogP contribution in [0, 0.1) is 0 Å². The third kappa shape index (κ3) is 2.94. The maximum atomic E-state index is 12.1. The molecule has 21 heavy (non-hydrogen) atoms. The third-order valence-corrected chi connectivity index (χ3v) is 3.56. The Morgan fingerprint density at radius 3 is 2.29 bits per heavy atom. The first-order valence-corrected chi connectivity index (χ1v) is 6.95. The molecule has 1 heterocycles. The van der Waals surface area contributed by atoms with E-state index in [9.17, 15) is 9.59 Å². The lowest BCUT2D eigenvalue weighted by molar-refractivity contribution is -0.117. The van der Waals surface area contributed by atoms with Crippen LogP contribution in [0.25, 0.3) is 0 Å². The molecule has 4 heteroatoms. The van der Waals surface area contributed by atoms with Crippen molar-refractivity contribution in [3.8, 4) is 0 Å². The fraction of sp³-hybridized carbons (Fsp3) is 0.176. The summed E-state index contributed by atoms with van der Waals surface area (Å²) in [5.74, 6) is -0.0946. The fourth-order valence-electron chi connectivity index (χ4n) is 2.52. The van der Waals surface area contributed by atoms with Crippen molar-refractivity contribution in [2.75, 3.05) is 11.4 Å². The number of amides is 2. The monoisotopic (exact) mass is 280 g/mol. The van der Waals surface area contributed by atoms with Crippen molar-refractivity contribution >= 4 is 17.5 Å². The molecule has 0 bridgehead atoms. The largest absolute Gasteiger partial charge is 0.347 e. The molecule has 1 unspecified atom stereocenters. The molecule has 2 aromatic rings. The maximum Gasteiger partial charge on any atom is 0.251 e. The summed E-state index contributed by atoms with van der Waals surface area (Å²) in [6, 6.07) is 18.4. The summed E-state index contributed by atoms with van der Waals surface area (Å²) >= 11 is 0. The number of carbonyl (C=O) groups excluding carboxylic acids is 2. The van der Waals surface area contributed by atoms with E-state index in [0.29, 0.717) is 18.5 Å². The number of hydrogen-bond acceptors (Lipinski definition) is 2. The Kier molecular flexibility index (Phi) is 3.69. The van der Waals surface area contributed by atoms with E-state index >= 15 is 0 Å². The first-order valence-electron chi connectivity index (χ1n) is 6.95. The smallest absolute Gasteiger partial charge is 0.251 e. The standard InChI is InChI=1S/C17H16N2O2/c20-16-11-14(12-19(16)15-9-5-2-6-10-15)18-17(21)13-7-3-1-4-8-13/h1-10,14H,11-12H2,(H,18,21). The van der Waals surface area contributed by atoms with E-state index in [0.717, 1.165) is 5.69 Å². The zero-order valence-electron chi connectivity index (χ0n) is 11.5. The second-order valence-electron chi connectivity index (χ2n) is 5.08. The molecule has 4 nitrogen and oxygen atoms in total. The van der Waals surface area contributed by atoms with Crippen LogP contribution in [0.4, 0.5) is 5.69 Å². The van der Waals surface area contributed by atoms with Gasteiger partial charge in [0.15, 0.2) is 0 Å². The summed E-state index contributed by atoms with van der Waals surface area (Å²) < 4.78 is 0. The van der Waals surface area contributed by atoms with Crippen LogP contribution in [-0.4, -0.2) is 24.4 Å². The molecular formula is C17H16N2O2. The Labute approximate surface area is 123 Å². The molecule has 1 fully saturated rings. The molecule has 1 N–H and O–H groups in total. The van der Waals surface area contributed by atoms with Crippen LogP contribution in [0.3, 0.4) is 0 Å². The van der Waals surface area contributed by atoms with Gasteiger partial charge in [-0.25, -0.2) is 0 Å². The zero-order chi connectivity index (χ0) is 14.7. The molecule has 1 aliphatic heterocycles. The van der Waals surface area contributed by atoms with Crippen LogP contribution in [0.15, 0.2) is 60.7 Å². The Morgan fingerprint density at radius 2 is 1.62 bits per heavy atom. The first-order chi connectivity index (χ1) is 10.2. The van der Waals surface area contributed by atoms with Crippen LogP contribution in [0.1, 0.15) is 16.8 Å². The molecular weight excluding hydrogens is 264 g/mol. The Hall–Kier alpha value is -2.62. The number of para-hydroxylation sites is 1. The minimum atomic E-state index is -0.148. The van der Waals surface area contributed by atoms with Crippen LogP contribution < -0.4 is 10.2 Å². The summed E-state index contributed by atoms with van der Waals surface area (Å²) in [4.78, 5) is 25.9. The van der Waals surface area contributed by atoms with Crippen LogP contribution in [0.5, 0.6) is 0 Å². The van der Waals surface area contributed by atoms with Gasteiger partial charge in [0.05, 0.1) is 6.04 Å². The number of rotatable bonds is 3. The SMILES string of the molecule is O=C(NC1CC(=O)N(c2ccccc2)C1)c1ccccc1. The molecule has 106 valence electrons. The van der Waals surface area contributed by atoms with Crippen molar-refractivity contribution in [2.24, 2.45) is 0 Å². The second kappa shape index (κ2) is 5.79. The van der Waals surface area contributed by atoms with Gasteiger partial charge in [0, 0.05) is 24.2 Å². The minimum absolute atomic E-state index is 0.0413. The molecule has 0 saturated carbocycles. The Bertz CT molecular complexity index is 640. The van der Waals surface area contributed by atoms with Gasteiger partial charge in [-0.15, -0.1) is 0 Å². The van der Waals surface area contributed by atoms with Gasteiger partial charge in [-0.3, -0.25) is 9.59 Å². The summed E-state index contributed by atoms with van der Waals surface area (Å²) in [5.41, 5.74) is 1.49. The van der Waals surface area contributed by atoms with E-state index in [2.05, 4.69) is 5.32 Å². The van der Waals surface area contributed by atoms with Crippen molar-refractivity contribution in [3.63, 3.8) is 0 Å². The van der Waals surface area contributed by atoms with Gasteiger partial charge >= 0.3 is 0 Å². The number of benzene rings is 2. The highest BCUT2D eigenvalue weighted by Crippen LogP contribution is 2.21. The highest BCUT2D eigenvalue weighted by molar-refractivity contribution is 5.98. The number of nitrogens with one attached hydrogen (secondary N) is 1. The van der Waals surface area contributed by atoms with Crippen molar-refractivity contribution in [3.05, 3.63) is 66.2 Å². The molecule has 0 aliphatic carbocycles. The van der Waals surface area contributed by atoms with Crippen LogP contribution in [0.2, 0.25) is 0 Å². The highest BCUT2D eigenvalue weighted by Gasteiger charge is 2.31. The van der Waals surface area contributed by atoms with Crippen LogP contribution >= 0.6 is 0 Å². The highest BCUT2D eigenvalue weighted by atomic mass is 16.2. The molecule has 1 saturated heterocycles. The van der Waals surface area contributed by atoms with E-state index < -0.39 is 0 Å². The van der Waals surface area contributed by atoms with Crippen molar-refractivity contribution in [2.45, 2.75) is 12.5 Å². The summed E-state index contributed by atoms with van der Waals surface area (Å²) in [6.45, 7) is 0.515. The summed E-state index contributed by atoms with van der Waals surface area (Å²) in [7, 11) is 0. The molecule has 1 aliphatic rings. The van der Waals surface area contributed by atoms with Gasteiger partial charge in [-0.2, -0.15) is 0 Å². The second-order valence-corrected chi connectivity index (χ2v) is 5.08. The van der Waals surface area contributed by atoms with Gasteiger partial charge in [0.25, 0.3) is 5.91 Å².